The summed E-state index contributed by atoms with van der Waals surface area (Å²) in [7, 11) is 1.91. The summed E-state index contributed by atoms with van der Waals surface area (Å²) in [5, 5.41) is 0. The van der Waals surface area contributed by atoms with Gasteiger partial charge in [-0.25, -0.2) is 0 Å². The van der Waals surface area contributed by atoms with Crippen molar-refractivity contribution in [2.24, 2.45) is 5.73 Å². The molecule has 0 aromatic carbocycles. The van der Waals surface area contributed by atoms with Crippen LogP contribution in [0.15, 0.2) is 0 Å². The number of rotatable bonds is 5. The van der Waals surface area contributed by atoms with Crippen molar-refractivity contribution in [1.82, 2.24) is 4.90 Å². The lowest BCUT2D eigenvalue weighted by Crippen LogP contribution is -2.47. The predicted octanol–water partition coefficient (Wildman–Crippen LogP) is 1.86. The Hall–Kier alpha value is -0.220. The fraction of sp³-hybridized carbons (Fsp3) is 0.917. The van der Waals surface area contributed by atoms with Crippen LogP contribution < -0.4 is 5.73 Å². The Morgan fingerprint density at radius 2 is 2.06 bits per heavy atom. The van der Waals surface area contributed by atoms with Crippen molar-refractivity contribution in [3.63, 3.8) is 0 Å². The van der Waals surface area contributed by atoms with E-state index in [-0.39, 0.29) is 11.9 Å². The largest absolute Gasteiger partial charge is 0.341 e. The van der Waals surface area contributed by atoms with Crippen LogP contribution in [0.25, 0.3) is 0 Å². The standard InChI is InChI=1S/C12H24N2OS/c1-14(10-6-4-3-5-7-10)12(15)11(13)8-9-16-2/h10-11H,3-9,13H2,1-2H3/t11-/m1/s1. The van der Waals surface area contributed by atoms with Gasteiger partial charge < -0.3 is 10.6 Å². The highest BCUT2D eigenvalue weighted by molar-refractivity contribution is 7.98. The van der Waals surface area contributed by atoms with Crippen molar-refractivity contribution in [3.05, 3.63) is 0 Å². The van der Waals surface area contributed by atoms with E-state index in [1.807, 2.05) is 18.2 Å². The molecule has 3 nitrogen and oxygen atoms in total. The summed E-state index contributed by atoms with van der Waals surface area (Å²) in [6.45, 7) is 0. The number of likely N-dealkylation sites (N-methyl/N-ethyl adjacent to an activating group) is 1. The second kappa shape index (κ2) is 7.17. The molecule has 16 heavy (non-hydrogen) atoms. The summed E-state index contributed by atoms with van der Waals surface area (Å²) < 4.78 is 0. The molecule has 0 aromatic rings. The lowest BCUT2D eigenvalue weighted by Gasteiger charge is -2.32. The highest BCUT2D eigenvalue weighted by Crippen LogP contribution is 2.22. The van der Waals surface area contributed by atoms with Gasteiger partial charge in [0.1, 0.15) is 0 Å². The maximum atomic E-state index is 12.0. The number of nitrogens with two attached hydrogens (primary N) is 1. The number of carbonyl (C=O) groups is 1. The van der Waals surface area contributed by atoms with Crippen LogP contribution in [0.1, 0.15) is 38.5 Å². The molecule has 1 aliphatic rings. The van der Waals surface area contributed by atoms with Crippen molar-refractivity contribution >= 4 is 17.7 Å². The Morgan fingerprint density at radius 1 is 1.44 bits per heavy atom. The normalized spacial score (nSPS) is 19.4. The highest BCUT2D eigenvalue weighted by Gasteiger charge is 2.25. The third-order valence-electron chi connectivity index (χ3n) is 3.42. The predicted molar refractivity (Wildman–Crippen MR) is 70.6 cm³/mol. The summed E-state index contributed by atoms with van der Waals surface area (Å²) in [5.74, 6) is 1.09. The number of hydrogen-bond donors (Lipinski definition) is 1. The van der Waals surface area contributed by atoms with Crippen molar-refractivity contribution in [1.29, 1.82) is 0 Å². The minimum Gasteiger partial charge on any atom is -0.341 e. The summed E-state index contributed by atoms with van der Waals surface area (Å²) in [6, 6.07) is 0.126. The Morgan fingerprint density at radius 3 is 2.62 bits per heavy atom. The van der Waals surface area contributed by atoms with E-state index in [4.69, 9.17) is 5.73 Å². The third kappa shape index (κ3) is 3.98. The van der Waals surface area contributed by atoms with Crippen molar-refractivity contribution in [2.75, 3.05) is 19.1 Å². The summed E-state index contributed by atoms with van der Waals surface area (Å²) in [5.41, 5.74) is 5.91. The number of nitrogens with zero attached hydrogens (tertiary/aromatic N) is 1. The van der Waals surface area contributed by atoms with E-state index >= 15 is 0 Å². The van der Waals surface area contributed by atoms with E-state index in [0.717, 1.165) is 25.0 Å². The van der Waals surface area contributed by atoms with Gasteiger partial charge in [-0.05, 0) is 31.3 Å². The quantitative estimate of drug-likeness (QED) is 0.803. The molecular weight excluding hydrogens is 220 g/mol. The molecule has 0 spiro atoms. The van der Waals surface area contributed by atoms with Crippen molar-refractivity contribution in [3.8, 4) is 0 Å². The van der Waals surface area contributed by atoms with Gasteiger partial charge in [0.05, 0.1) is 6.04 Å². The number of amides is 1. The van der Waals surface area contributed by atoms with E-state index < -0.39 is 0 Å². The van der Waals surface area contributed by atoms with Crippen LogP contribution >= 0.6 is 11.8 Å². The smallest absolute Gasteiger partial charge is 0.239 e. The molecule has 0 unspecified atom stereocenters. The van der Waals surface area contributed by atoms with E-state index in [0.29, 0.717) is 6.04 Å². The molecular formula is C12H24N2OS. The van der Waals surface area contributed by atoms with Crippen molar-refractivity contribution < 1.29 is 4.79 Å². The van der Waals surface area contributed by atoms with Gasteiger partial charge in [-0.3, -0.25) is 4.79 Å². The zero-order chi connectivity index (χ0) is 12.0. The Kier molecular flexibility index (Phi) is 6.21. The molecule has 2 N–H and O–H groups in total. The topological polar surface area (TPSA) is 46.3 Å². The number of thioether (sulfide) groups is 1. The van der Waals surface area contributed by atoms with Gasteiger partial charge in [-0.1, -0.05) is 19.3 Å². The van der Waals surface area contributed by atoms with E-state index in [9.17, 15) is 4.79 Å². The lowest BCUT2D eigenvalue weighted by atomic mass is 9.94. The average molecular weight is 244 g/mol. The van der Waals surface area contributed by atoms with Gasteiger partial charge in [0, 0.05) is 13.1 Å². The molecule has 1 atom stereocenters. The fourth-order valence-corrected chi connectivity index (χ4v) is 2.77. The number of hydrogen-bond acceptors (Lipinski definition) is 3. The van der Waals surface area contributed by atoms with Crippen LogP contribution in [-0.4, -0.2) is 41.9 Å². The van der Waals surface area contributed by atoms with Crippen LogP contribution in [-0.2, 0) is 4.79 Å². The molecule has 0 saturated heterocycles. The molecule has 0 aliphatic heterocycles. The van der Waals surface area contributed by atoms with Crippen molar-refractivity contribution in [2.45, 2.75) is 50.6 Å². The van der Waals surface area contributed by atoms with E-state index in [2.05, 4.69) is 0 Å². The monoisotopic (exact) mass is 244 g/mol. The zero-order valence-corrected chi connectivity index (χ0v) is 11.3. The molecule has 0 heterocycles. The average Bonchev–Trinajstić information content (AvgIpc) is 2.35. The molecule has 0 radical (unpaired) electrons. The second-order valence-electron chi connectivity index (χ2n) is 4.63. The summed E-state index contributed by atoms with van der Waals surface area (Å²) in [6.07, 6.45) is 8.95. The molecule has 1 aliphatic carbocycles. The van der Waals surface area contributed by atoms with Gasteiger partial charge in [0.15, 0.2) is 0 Å². The van der Waals surface area contributed by atoms with Gasteiger partial charge in [-0.15, -0.1) is 0 Å². The van der Waals surface area contributed by atoms with Gasteiger partial charge in [0.25, 0.3) is 0 Å². The Balaban J connectivity index is 2.38. The summed E-state index contributed by atoms with van der Waals surface area (Å²) in [4.78, 5) is 13.9. The Labute approximate surface area is 103 Å². The molecule has 1 rings (SSSR count). The Bertz CT molecular complexity index is 217. The first-order valence-electron chi connectivity index (χ1n) is 6.18. The molecule has 4 heteroatoms. The van der Waals surface area contributed by atoms with Crippen LogP contribution in [0.2, 0.25) is 0 Å². The first-order chi connectivity index (χ1) is 7.66. The zero-order valence-electron chi connectivity index (χ0n) is 10.4. The molecule has 0 bridgehead atoms. The summed E-state index contributed by atoms with van der Waals surface area (Å²) >= 11 is 1.74. The molecule has 1 saturated carbocycles. The van der Waals surface area contributed by atoms with Crippen LogP contribution in [0.5, 0.6) is 0 Å². The first-order valence-corrected chi connectivity index (χ1v) is 7.57. The SMILES string of the molecule is CSCC[C@@H](N)C(=O)N(C)C1CCCCC1. The lowest BCUT2D eigenvalue weighted by molar-refractivity contribution is -0.134. The maximum absolute atomic E-state index is 12.0. The molecule has 1 fully saturated rings. The third-order valence-corrected chi connectivity index (χ3v) is 4.06. The maximum Gasteiger partial charge on any atom is 0.239 e. The van der Waals surface area contributed by atoms with E-state index in [1.165, 1.54) is 19.3 Å². The first kappa shape index (κ1) is 13.8. The molecule has 94 valence electrons. The van der Waals surface area contributed by atoms with Crippen LogP contribution in [0.4, 0.5) is 0 Å². The van der Waals surface area contributed by atoms with Gasteiger partial charge in [-0.2, -0.15) is 11.8 Å². The number of carbonyl (C=O) groups excluding carboxylic acids is 1. The van der Waals surface area contributed by atoms with Gasteiger partial charge >= 0.3 is 0 Å². The second-order valence-corrected chi connectivity index (χ2v) is 5.61. The molecule has 0 aromatic heterocycles. The fourth-order valence-electron chi connectivity index (χ4n) is 2.28. The minimum atomic E-state index is -0.306. The van der Waals surface area contributed by atoms with Crippen LogP contribution in [0, 0.1) is 0 Å². The van der Waals surface area contributed by atoms with E-state index in [1.54, 1.807) is 11.8 Å². The van der Waals surface area contributed by atoms with Crippen LogP contribution in [0.3, 0.4) is 0 Å². The minimum absolute atomic E-state index is 0.126. The highest BCUT2D eigenvalue weighted by atomic mass is 32.2. The van der Waals surface area contributed by atoms with Gasteiger partial charge in [0.2, 0.25) is 5.91 Å². The molecule has 1 amide bonds.